The third kappa shape index (κ3) is 9.69. The maximum atomic E-state index is 12.1. The first-order valence-electron chi connectivity index (χ1n) is 11.7. The van der Waals surface area contributed by atoms with Crippen LogP contribution >= 0.6 is 0 Å². The van der Waals surface area contributed by atoms with Crippen LogP contribution in [-0.2, 0) is 21.4 Å². The van der Waals surface area contributed by atoms with E-state index in [1.54, 1.807) is 0 Å². The maximum absolute atomic E-state index is 12.1. The molecule has 1 rings (SSSR count). The molecule has 0 unspecified atom stereocenters. The second-order valence-electron chi connectivity index (χ2n) is 9.68. The van der Waals surface area contributed by atoms with E-state index in [0.717, 1.165) is 29.5 Å². The number of aryl methyl sites for hydroxylation is 1. The quantitative estimate of drug-likeness (QED) is 0.275. The molecule has 0 saturated heterocycles. The van der Waals surface area contributed by atoms with Crippen molar-refractivity contribution in [2.45, 2.75) is 117 Å². The largest absolute Gasteiger partial charge is 0.507 e. The number of ether oxygens (including phenoxy) is 1. The van der Waals surface area contributed by atoms with Crippen LogP contribution in [0.1, 0.15) is 122 Å². The lowest BCUT2D eigenvalue weighted by molar-refractivity contribution is -0.143. The molecular weight excluding hydrogens is 360 g/mol. The van der Waals surface area contributed by atoms with Gasteiger partial charge in [0.1, 0.15) is 5.75 Å². The number of carbonyl (C=O) groups is 1. The first-order chi connectivity index (χ1) is 13.7. The van der Waals surface area contributed by atoms with Crippen LogP contribution in [0.15, 0.2) is 12.1 Å². The fraction of sp³-hybridized carbons (Fsp3) is 0.731. The van der Waals surface area contributed by atoms with Crippen molar-refractivity contribution in [3.63, 3.8) is 0 Å². The molecule has 3 nitrogen and oxygen atoms in total. The van der Waals surface area contributed by atoms with E-state index in [4.69, 9.17) is 4.74 Å². The molecule has 0 spiro atoms. The molecule has 166 valence electrons. The van der Waals surface area contributed by atoms with Crippen LogP contribution in [-0.4, -0.2) is 17.7 Å². The number of rotatable bonds is 13. The first kappa shape index (κ1) is 25.5. The van der Waals surface area contributed by atoms with E-state index in [9.17, 15) is 9.90 Å². The van der Waals surface area contributed by atoms with Crippen molar-refractivity contribution in [2.24, 2.45) is 0 Å². The maximum Gasteiger partial charge on any atom is 0.306 e. The van der Waals surface area contributed by atoms with Gasteiger partial charge in [-0.25, -0.2) is 0 Å². The normalized spacial score (nSPS) is 11.8. The number of carbonyl (C=O) groups excluding carboxylic acids is 1. The van der Waals surface area contributed by atoms with Crippen LogP contribution in [0.25, 0.3) is 0 Å². The lowest BCUT2D eigenvalue weighted by Crippen LogP contribution is -2.14. The van der Waals surface area contributed by atoms with Gasteiger partial charge >= 0.3 is 5.97 Å². The average Bonchev–Trinajstić information content (AvgIpc) is 2.64. The standard InChI is InChI=1S/C26H44O3/c1-7-8-9-10-11-12-13-14-17-29-24(27)16-15-21-18-22(20(2)3)25(28)23(19-21)26(4,5)6/h18-20,28H,7-17H2,1-6H3. The molecule has 0 aliphatic carbocycles. The van der Waals surface area contributed by atoms with Crippen LogP contribution in [0.3, 0.4) is 0 Å². The zero-order valence-electron chi connectivity index (χ0n) is 19.8. The van der Waals surface area contributed by atoms with Crippen molar-refractivity contribution in [3.8, 4) is 5.75 Å². The molecule has 0 radical (unpaired) electrons. The summed E-state index contributed by atoms with van der Waals surface area (Å²) in [4.78, 5) is 12.1. The molecule has 3 heteroatoms. The van der Waals surface area contributed by atoms with E-state index in [1.807, 2.05) is 12.1 Å². The van der Waals surface area contributed by atoms with E-state index in [0.29, 0.717) is 25.2 Å². The zero-order valence-corrected chi connectivity index (χ0v) is 19.8. The summed E-state index contributed by atoms with van der Waals surface area (Å²) < 4.78 is 5.42. The predicted molar refractivity (Wildman–Crippen MR) is 123 cm³/mol. The van der Waals surface area contributed by atoms with Crippen LogP contribution in [0.5, 0.6) is 5.75 Å². The first-order valence-corrected chi connectivity index (χ1v) is 11.7. The number of phenols is 1. The summed E-state index contributed by atoms with van der Waals surface area (Å²) in [7, 11) is 0. The third-order valence-electron chi connectivity index (χ3n) is 5.51. The molecule has 1 aromatic rings. The van der Waals surface area contributed by atoms with Crippen molar-refractivity contribution < 1.29 is 14.6 Å². The molecule has 1 N–H and O–H groups in total. The van der Waals surface area contributed by atoms with Crippen LogP contribution in [0.4, 0.5) is 0 Å². The fourth-order valence-electron chi connectivity index (χ4n) is 3.62. The minimum absolute atomic E-state index is 0.121. The minimum atomic E-state index is -0.138. The summed E-state index contributed by atoms with van der Waals surface area (Å²) in [5.74, 6) is 0.517. The van der Waals surface area contributed by atoms with Crippen molar-refractivity contribution >= 4 is 5.97 Å². The van der Waals surface area contributed by atoms with Crippen LogP contribution < -0.4 is 0 Å². The van der Waals surface area contributed by atoms with Gasteiger partial charge in [0.05, 0.1) is 6.61 Å². The Bertz CT molecular complexity index is 611. The van der Waals surface area contributed by atoms with Crippen molar-refractivity contribution in [3.05, 3.63) is 28.8 Å². The lowest BCUT2D eigenvalue weighted by atomic mass is 9.82. The number of hydrogen-bond donors (Lipinski definition) is 1. The Morgan fingerprint density at radius 2 is 1.59 bits per heavy atom. The molecule has 0 saturated carbocycles. The van der Waals surface area contributed by atoms with Gasteiger partial charge in [-0.2, -0.15) is 0 Å². The average molecular weight is 405 g/mol. The summed E-state index contributed by atoms with van der Waals surface area (Å²) in [6.07, 6.45) is 11.0. The zero-order chi connectivity index (χ0) is 21.9. The summed E-state index contributed by atoms with van der Waals surface area (Å²) in [6.45, 7) is 13.3. The minimum Gasteiger partial charge on any atom is -0.507 e. The Balaban J connectivity index is 2.43. The highest BCUT2D eigenvalue weighted by molar-refractivity contribution is 5.69. The van der Waals surface area contributed by atoms with Crippen LogP contribution in [0, 0.1) is 0 Å². The topological polar surface area (TPSA) is 46.5 Å². The van der Waals surface area contributed by atoms with Gasteiger partial charge in [-0.15, -0.1) is 0 Å². The molecular formula is C26H44O3. The molecule has 1 aromatic carbocycles. The summed E-state index contributed by atoms with van der Waals surface area (Å²) in [5.41, 5.74) is 2.87. The van der Waals surface area contributed by atoms with Gasteiger partial charge in [0.15, 0.2) is 0 Å². The van der Waals surface area contributed by atoms with E-state index >= 15 is 0 Å². The number of esters is 1. The van der Waals surface area contributed by atoms with Gasteiger partial charge in [-0.3, -0.25) is 4.79 Å². The number of unbranched alkanes of at least 4 members (excludes halogenated alkanes) is 7. The molecule has 29 heavy (non-hydrogen) atoms. The van der Waals surface area contributed by atoms with Gasteiger partial charge in [-0.1, -0.05) is 98.6 Å². The van der Waals surface area contributed by atoms with Crippen molar-refractivity contribution in [2.75, 3.05) is 6.61 Å². The molecule has 0 bridgehead atoms. The fourth-order valence-corrected chi connectivity index (χ4v) is 3.62. The van der Waals surface area contributed by atoms with Gasteiger partial charge in [0.25, 0.3) is 0 Å². The number of phenolic OH excluding ortho intramolecular Hbond substituents is 1. The Kier molecular flexibility index (Phi) is 11.4. The smallest absolute Gasteiger partial charge is 0.306 e. The van der Waals surface area contributed by atoms with Gasteiger partial charge in [0.2, 0.25) is 0 Å². The highest BCUT2D eigenvalue weighted by Crippen LogP contribution is 2.37. The van der Waals surface area contributed by atoms with E-state index in [-0.39, 0.29) is 17.3 Å². The second-order valence-corrected chi connectivity index (χ2v) is 9.68. The Morgan fingerprint density at radius 1 is 1.00 bits per heavy atom. The summed E-state index contributed by atoms with van der Waals surface area (Å²) in [5, 5.41) is 10.7. The molecule has 0 atom stereocenters. The Morgan fingerprint density at radius 3 is 2.14 bits per heavy atom. The van der Waals surface area contributed by atoms with Gasteiger partial charge in [-0.05, 0) is 40.9 Å². The Hall–Kier alpha value is -1.51. The highest BCUT2D eigenvalue weighted by Gasteiger charge is 2.22. The number of benzene rings is 1. The SMILES string of the molecule is CCCCCCCCCCOC(=O)CCc1cc(C(C)C)c(O)c(C(C)(C)C)c1. The molecule has 0 heterocycles. The highest BCUT2D eigenvalue weighted by atomic mass is 16.5. The third-order valence-corrected chi connectivity index (χ3v) is 5.51. The van der Waals surface area contributed by atoms with Gasteiger partial charge in [0, 0.05) is 6.42 Å². The van der Waals surface area contributed by atoms with Crippen molar-refractivity contribution in [1.29, 1.82) is 0 Å². The molecule has 0 amide bonds. The number of hydrogen-bond acceptors (Lipinski definition) is 3. The molecule has 0 aromatic heterocycles. The van der Waals surface area contributed by atoms with E-state index in [1.165, 1.54) is 38.5 Å². The predicted octanol–water partition coefficient (Wildman–Crippen LogP) is 7.43. The van der Waals surface area contributed by atoms with E-state index < -0.39 is 0 Å². The lowest BCUT2D eigenvalue weighted by Gasteiger charge is -2.24. The van der Waals surface area contributed by atoms with E-state index in [2.05, 4.69) is 41.5 Å². The summed E-state index contributed by atoms with van der Waals surface area (Å²) >= 11 is 0. The van der Waals surface area contributed by atoms with Crippen LogP contribution in [0.2, 0.25) is 0 Å². The summed E-state index contributed by atoms with van der Waals surface area (Å²) in [6, 6.07) is 4.09. The monoisotopic (exact) mass is 404 g/mol. The Labute approximate surface area is 179 Å². The molecule has 0 aliphatic rings. The molecule has 0 aliphatic heterocycles. The second kappa shape index (κ2) is 12.9. The van der Waals surface area contributed by atoms with Crippen molar-refractivity contribution in [1.82, 2.24) is 0 Å². The molecule has 0 fully saturated rings. The number of aromatic hydroxyl groups is 1. The van der Waals surface area contributed by atoms with Gasteiger partial charge < -0.3 is 9.84 Å².